The van der Waals surface area contributed by atoms with Gasteiger partial charge in [0.25, 0.3) is 0 Å². The number of carbonyl (C=O) groups is 2. The zero-order chi connectivity index (χ0) is 29.0. The van der Waals surface area contributed by atoms with Crippen LogP contribution in [0.25, 0.3) is 11.9 Å². The Morgan fingerprint density at radius 1 is 0.821 bits per heavy atom. The molecule has 0 aliphatic carbocycles. The van der Waals surface area contributed by atoms with Crippen LogP contribution in [-0.4, -0.2) is 46.9 Å². The molecular weight excluding hydrogens is 726 g/mol. The van der Waals surface area contributed by atoms with E-state index in [-0.39, 0.29) is 30.6 Å². The monoisotopic (exact) mass is 783 g/mol. The fourth-order valence-corrected chi connectivity index (χ4v) is 3.34. The van der Waals surface area contributed by atoms with Gasteiger partial charge in [0.15, 0.2) is 5.78 Å². The van der Waals surface area contributed by atoms with E-state index in [0.717, 1.165) is 25.7 Å². The molecule has 0 saturated heterocycles. The second-order valence-electron chi connectivity index (χ2n) is 9.35. The quantitative estimate of drug-likeness (QED) is 0.0853. The van der Waals surface area contributed by atoms with Gasteiger partial charge in [0.2, 0.25) is 0 Å². The molecule has 39 heavy (non-hydrogen) atoms. The summed E-state index contributed by atoms with van der Waals surface area (Å²) in [7, 11) is 9.75. The Balaban J connectivity index is -0.000000511. The van der Waals surface area contributed by atoms with Gasteiger partial charge >= 0.3 is 41.3 Å². The number of ether oxygens (including phenoxy) is 2. The zero-order valence-corrected chi connectivity index (χ0v) is 29.0. The Kier molecular flexibility index (Phi) is 42.6. The molecule has 0 bridgehead atoms. The maximum atomic E-state index is 12.4. The average Bonchev–Trinajstić information content (AvgIpc) is 2.85. The topological polar surface area (TPSA) is 162 Å². The number of rotatable bonds is 22. The number of carboxylic acid groups (broad SMARTS) is 1. The molecule has 0 amide bonds. The van der Waals surface area contributed by atoms with E-state index < -0.39 is 33.8 Å². The van der Waals surface area contributed by atoms with Crippen LogP contribution in [0.2, 0.25) is 0 Å². The zero-order valence-electron chi connectivity index (χ0n) is 25.2. The number of ketones is 1. The van der Waals surface area contributed by atoms with Gasteiger partial charge in [-0.25, -0.2) is 0 Å². The molecule has 0 aromatic rings. The summed E-state index contributed by atoms with van der Waals surface area (Å²) in [6.07, 6.45) is 21.0. The summed E-state index contributed by atoms with van der Waals surface area (Å²) >= 11 is -0.472. The Morgan fingerprint density at radius 2 is 1.21 bits per heavy atom. The summed E-state index contributed by atoms with van der Waals surface area (Å²) in [5.74, 6) is -1.31. The average molecular weight is 785 g/mol. The van der Waals surface area contributed by atoms with Crippen molar-refractivity contribution in [2.24, 2.45) is 0 Å². The maximum absolute atomic E-state index is 12.4. The Morgan fingerprint density at radius 3 is 1.64 bits per heavy atom. The first-order valence-corrected chi connectivity index (χ1v) is 19.4. The molecule has 1 unspecified atom stereocenters. The number of allylic oxidation sites excluding steroid dienone is 2. The number of hydrogen-bond donors (Lipinski definition) is 1. The summed E-state index contributed by atoms with van der Waals surface area (Å²) in [6, 6.07) is 0. The third-order valence-corrected chi connectivity index (χ3v) is 5.68. The molecule has 6 N–H and O–H groups in total. The van der Waals surface area contributed by atoms with E-state index in [0.29, 0.717) is 6.42 Å². The second-order valence-corrected chi connectivity index (χ2v) is 12.6. The van der Waals surface area contributed by atoms with Crippen molar-refractivity contribution in [1.29, 1.82) is 0 Å². The van der Waals surface area contributed by atoms with Crippen LogP contribution in [0.3, 0.4) is 0 Å². The minimum absolute atomic E-state index is 0. The fraction of sp³-hybridized carbons (Fsp3) is 0.857. The van der Waals surface area contributed by atoms with Gasteiger partial charge in [0.1, 0.15) is 5.60 Å². The maximum Gasteiger partial charge on any atom is -0.693 e. The number of unbranched alkanes of at least 4 members (excludes halogenated alkanes) is 11. The van der Waals surface area contributed by atoms with E-state index >= 15 is 0 Å². The summed E-state index contributed by atoms with van der Waals surface area (Å²) < 4.78 is 10.6. The van der Waals surface area contributed by atoms with Crippen molar-refractivity contribution < 1.29 is 46.1 Å². The molecule has 0 saturated carbocycles. The van der Waals surface area contributed by atoms with Gasteiger partial charge in [-0.1, -0.05) is 84.3 Å². The number of hydrogen-bond acceptors (Lipinski definition) is 4. The first-order chi connectivity index (χ1) is 17.5. The predicted molar refractivity (Wildman–Crippen MR) is 163 cm³/mol. The molecule has 0 radical (unpaired) electrons. The van der Waals surface area contributed by atoms with E-state index in [1.807, 2.05) is 13.8 Å². The first kappa shape index (κ1) is 48.7. The summed E-state index contributed by atoms with van der Waals surface area (Å²) in [6.45, 7) is 10.9. The number of nitrogens with one attached hydrogen (secondary N) is 1. The predicted octanol–water partition coefficient (Wildman–Crippen LogP) is 9.55. The van der Waals surface area contributed by atoms with Crippen molar-refractivity contribution in [1.82, 2.24) is 0 Å². The van der Waals surface area contributed by atoms with Crippen molar-refractivity contribution in [2.75, 3.05) is 13.2 Å². The molecule has 240 valence electrons. The smallest absolute Gasteiger partial charge is 0.693 e. The van der Waals surface area contributed by atoms with Gasteiger partial charge in [-0.15, -0.1) is 0 Å². The largest absolute Gasteiger partial charge is 0.693 e. The van der Waals surface area contributed by atoms with Crippen LogP contribution in [0.1, 0.15) is 131 Å². The molecule has 1 atom stereocenters. The van der Waals surface area contributed by atoms with Gasteiger partial charge in [-0.2, -0.15) is 0 Å². The van der Waals surface area contributed by atoms with E-state index in [1.165, 1.54) is 64.7 Å². The minimum atomic E-state index is -2.00. The van der Waals surface area contributed by atoms with E-state index in [2.05, 4.69) is 19.1 Å². The number of Topliss-reactive ketones (excluding diaryl/α,β-unsaturated/α-hetero) is 1. The van der Waals surface area contributed by atoms with Crippen molar-refractivity contribution in [3.05, 3.63) is 24.0 Å². The molecule has 0 aliphatic rings. The molecule has 0 aliphatic heterocycles. The molecule has 0 aromatic heterocycles. The Labute approximate surface area is 255 Å². The molecule has 8 nitrogen and oxygen atoms in total. The van der Waals surface area contributed by atoms with Gasteiger partial charge in [0.05, 0.1) is 18.9 Å². The number of carboxylic acids is 1. The van der Waals surface area contributed by atoms with Crippen molar-refractivity contribution in [3.63, 3.8) is 0 Å². The van der Waals surface area contributed by atoms with Crippen molar-refractivity contribution in [2.45, 2.75) is 143 Å². The Bertz CT molecular complexity index is 568. The van der Waals surface area contributed by atoms with Crippen molar-refractivity contribution >= 4 is 30.6 Å². The summed E-state index contributed by atoms with van der Waals surface area (Å²) in [5.41, 5.74) is 4.56. The van der Waals surface area contributed by atoms with E-state index in [9.17, 15) is 9.59 Å². The van der Waals surface area contributed by atoms with Crippen LogP contribution in [-0.2, 0) is 35.5 Å². The van der Waals surface area contributed by atoms with Crippen molar-refractivity contribution in [3.8, 4) is 0 Å². The standard InChI is InChI=1S/C26H48NO5.C2H6.2ClH.H2N.H2O.Pt/c1-5-6-7-8-9-10-11-12-13-14-15-16-17-18-19-20-23(28)25(2,3)31-21-22-32-26(4,27)24(29)30;1-2;;;;;/h12-13,27H,5-11,14-22H2,1-4H3,(H,29,30);1-2H3;2*1H;2*1H2;/q-1;;;;-1;;+4/p-2/b13-12-;;;;;;. The second kappa shape index (κ2) is 34.2. The number of nitrogens with two attached hydrogens (primary N) is 1. The number of aliphatic carboxylic acids is 1. The summed E-state index contributed by atoms with van der Waals surface area (Å²) in [4.78, 5) is 23.2. The van der Waals surface area contributed by atoms with Crippen LogP contribution >= 0.6 is 18.8 Å². The third kappa shape index (κ3) is 34.1. The molecule has 0 heterocycles. The molecule has 0 rings (SSSR count). The van der Waals surface area contributed by atoms with Crippen LogP contribution in [0.5, 0.6) is 0 Å². The third-order valence-electron chi connectivity index (χ3n) is 5.68. The number of halogens is 2. The normalized spacial score (nSPS) is 12.2. The first-order valence-electron chi connectivity index (χ1n) is 13.8. The Hall–Kier alpha value is -0.0517. The van der Waals surface area contributed by atoms with Crippen LogP contribution < -0.4 is 0 Å². The molecule has 0 aromatic carbocycles. The van der Waals surface area contributed by atoms with Gasteiger partial charge in [0, 0.05) is 6.42 Å². The number of carbonyl (C=O) groups excluding carboxylic acids is 1. The minimum Gasteiger partial charge on any atom is -0.693 e. The van der Waals surface area contributed by atoms with Crippen LogP contribution in [0, 0.1) is 0 Å². The molecule has 0 spiro atoms. The van der Waals surface area contributed by atoms with Crippen LogP contribution in [0.15, 0.2) is 12.2 Å². The molecule has 11 heteroatoms. The molecular formula is C28H58Cl2N2O6Pt. The van der Waals surface area contributed by atoms with Gasteiger partial charge < -0.3 is 31.9 Å². The summed E-state index contributed by atoms with van der Waals surface area (Å²) in [5, 5.41) is 8.84. The molecule has 0 fully saturated rings. The van der Waals surface area contributed by atoms with E-state index in [1.54, 1.807) is 13.8 Å². The van der Waals surface area contributed by atoms with Crippen LogP contribution in [0.4, 0.5) is 0 Å². The fourth-order valence-electron chi connectivity index (χ4n) is 3.34. The SMILES string of the molecule is CC.CCCCCCCC/C=C\CCCCCCCC(=O)C(C)(C)OCCOC(C)([NH-])C(=O)O.O.[Cl][Pt+2][Cl].[NH2-]. The van der Waals surface area contributed by atoms with E-state index in [4.69, 9.17) is 39.2 Å². The van der Waals surface area contributed by atoms with Gasteiger partial charge in [-0.3, -0.25) is 9.59 Å². The van der Waals surface area contributed by atoms with Gasteiger partial charge in [-0.05, 0) is 52.9 Å².